The van der Waals surface area contributed by atoms with Crippen molar-refractivity contribution >= 4 is 17.7 Å². The van der Waals surface area contributed by atoms with E-state index in [1.165, 1.54) is 0 Å². The van der Waals surface area contributed by atoms with Crippen LogP contribution in [0.2, 0.25) is 0 Å². The number of carbonyl (C=O) groups excluding carboxylic acids is 1. The van der Waals surface area contributed by atoms with E-state index < -0.39 is 0 Å². The van der Waals surface area contributed by atoms with Crippen molar-refractivity contribution in [1.82, 2.24) is 5.32 Å². The summed E-state index contributed by atoms with van der Waals surface area (Å²) in [7, 11) is 0. The van der Waals surface area contributed by atoms with Crippen LogP contribution in [0.5, 0.6) is 0 Å². The molecule has 0 radical (unpaired) electrons. The zero-order chi connectivity index (χ0) is 9.94. The standard InChI is InChI=1S/C9H20N2OS/c1-2-3-6-11-9(12)8-13-7-4-5-10/h2-8,10H2,1H3,(H,11,12). The minimum Gasteiger partial charge on any atom is -0.355 e. The summed E-state index contributed by atoms with van der Waals surface area (Å²) in [5, 5.41) is 2.87. The lowest BCUT2D eigenvalue weighted by Gasteiger charge is -2.03. The van der Waals surface area contributed by atoms with E-state index in [4.69, 9.17) is 5.73 Å². The van der Waals surface area contributed by atoms with Crippen molar-refractivity contribution in [3.05, 3.63) is 0 Å². The maximum absolute atomic E-state index is 11.1. The number of rotatable bonds is 8. The minimum atomic E-state index is 0.149. The predicted molar refractivity (Wildman–Crippen MR) is 58.9 cm³/mol. The average molecular weight is 204 g/mol. The van der Waals surface area contributed by atoms with Crippen LogP contribution in [0, 0.1) is 0 Å². The third-order valence-corrected chi connectivity index (χ3v) is 2.62. The number of unbranched alkanes of at least 4 members (excludes halogenated alkanes) is 1. The molecule has 0 saturated carbocycles. The number of carbonyl (C=O) groups is 1. The fraction of sp³-hybridized carbons (Fsp3) is 0.889. The van der Waals surface area contributed by atoms with E-state index >= 15 is 0 Å². The average Bonchev–Trinajstić information content (AvgIpc) is 2.13. The van der Waals surface area contributed by atoms with Crippen molar-refractivity contribution in [3.63, 3.8) is 0 Å². The van der Waals surface area contributed by atoms with E-state index in [0.717, 1.165) is 31.6 Å². The Kier molecular flexibility index (Phi) is 9.70. The summed E-state index contributed by atoms with van der Waals surface area (Å²) in [6.45, 7) is 3.64. The Morgan fingerprint density at radius 1 is 1.46 bits per heavy atom. The number of amides is 1. The van der Waals surface area contributed by atoms with Gasteiger partial charge in [-0.1, -0.05) is 13.3 Å². The lowest BCUT2D eigenvalue weighted by Crippen LogP contribution is -2.26. The molecule has 3 nitrogen and oxygen atoms in total. The molecule has 13 heavy (non-hydrogen) atoms. The monoisotopic (exact) mass is 204 g/mol. The summed E-state index contributed by atoms with van der Waals surface area (Å²) in [6, 6.07) is 0. The summed E-state index contributed by atoms with van der Waals surface area (Å²) in [6.07, 6.45) is 3.19. The van der Waals surface area contributed by atoms with E-state index in [1.807, 2.05) is 0 Å². The van der Waals surface area contributed by atoms with Gasteiger partial charge in [0.1, 0.15) is 0 Å². The van der Waals surface area contributed by atoms with Crippen LogP contribution in [0.15, 0.2) is 0 Å². The van der Waals surface area contributed by atoms with E-state index in [9.17, 15) is 4.79 Å². The van der Waals surface area contributed by atoms with Crippen molar-refractivity contribution < 1.29 is 4.79 Å². The second-order valence-electron chi connectivity index (χ2n) is 2.90. The van der Waals surface area contributed by atoms with Gasteiger partial charge in [0.2, 0.25) is 5.91 Å². The van der Waals surface area contributed by atoms with Gasteiger partial charge in [-0.25, -0.2) is 0 Å². The fourth-order valence-corrected chi connectivity index (χ4v) is 1.61. The molecule has 0 aromatic carbocycles. The lowest BCUT2D eigenvalue weighted by molar-refractivity contribution is -0.118. The molecule has 0 aliphatic carbocycles. The number of nitrogens with one attached hydrogen (secondary N) is 1. The van der Waals surface area contributed by atoms with Gasteiger partial charge in [0.25, 0.3) is 0 Å². The molecule has 0 aliphatic heterocycles. The van der Waals surface area contributed by atoms with Crippen LogP contribution in [0.3, 0.4) is 0 Å². The Morgan fingerprint density at radius 2 is 2.23 bits per heavy atom. The molecule has 0 aromatic heterocycles. The topological polar surface area (TPSA) is 55.1 Å². The molecule has 0 fully saturated rings. The summed E-state index contributed by atoms with van der Waals surface area (Å²) in [5.41, 5.74) is 5.33. The highest BCUT2D eigenvalue weighted by Crippen LogP contribution is 2.00. The molecule has 0 aliphatic rings. The van der Waals surface area contributed by atoms with Gasteiger partial charge in [-0.2, -0.15) is 11.8 Å². The molecule has 0 rings (SSSR count). The first-order valence-electron chi connectivity index (χ1n) is 4.85. The van der Waals surface area contributed by atoms with Crippen LogP contribution in [0.25, 0.3) is 0 Å². The maximum Gasteiger partial charge on any atom is 0.229 e. The Balaban J connectivity index is 3.11. The first-order valence-corrected chi connectivity index (χ1v) is 6.01. The van der Waals surface area contributed by atoms with Crippen molar-refractivity contribution in [3.8, 4) is 0 Å². The molecule has 3 N–H and O–H groups in total. The third kappa shape index (κ3) is 9.70. The molecule has 0 atom stereocenters. The highest BCUT2D eigenvalue weighted by atomic mass is 32.2. The first-order chi connectivity index (χ1) is 6.31. The SMILES string of the molecule is CCCCNC(=O)CSCCCN. The van der Waals surface area contributed by atoms with Crippen LogP contribution >= 0.6 is 11.8 Å². The van der Waals surface area contributed by atoms with Crippen LogP contribution in [-0.2, 0) is 4.79 Å². The van der Waals surface area contributed by atoms with Gasteiger partial charge in [0.15, 0.2) is 0 Å². The normalized spacial score (nSPS) is 10.0. The zero-order valence-corrected chi connectivity index (χ0v) is 9.16. The lowest BCUT2D eigenvalue weighted by atomic mass is 10.3. The van der Waals surface area contributed by atoms with Crippen LogP contribution in [0.4, 0.5) is 0 Å². The molecular formula is C9H20N2OS. The molecule has 0 saturated heterocycles. The molecule has 0 heterocycles. The molecular weight excluding hydrogens is 184 g/mol. The van der Waals surface area contributed by atoms with Crippen LogP contribution < -0.4 is 11.1 Å². The largest absolute Gasteiger partial charge is 0.355 e. The van der Waals surface area contributed by atoms with Crippen LogP contribution in [0.1, 0.15) is 26.2 Å². The summed E-state index contributed by atoms with van der Waals surface area (Å²) in [5.74, 6) is 1.71. The number of hydrogen-bond donors (Lipinski definition) is 2. The van der Waals surface area contributed by atoms with Gasteiger partial charge >= 0.3 is 0 Å². The molecule has 0 spiro atoms. The first kappa shape index (κ1) is 12.8. The Morgan fingerprint density at radius 3 is 2.85 bits per heavy atom. The Hall–Kier alpha value is -0.220. The fourth-order valence-electron chi connectivity index (χ4n) is 0.806. The van der Waals surface area contributed by atoms with E-state index in [2.05, 4.69) is 12.2 Å². The third-order valence-electron chi connectivity index (χ3n) is 1.58. The van der Waals surface area contributed by atoms with E-state index in [-0.39, 0.29) is 5.91 Å². The van der Waals surface area contributed by atoms with Crippen molar-refractivity contribution in [1.29, 1.82) is 0 Å². The molecule has 0 aromatic rings. The highest BCUT2D eigenvalue weighted by molar-refractivity contribution is 7.99. The van der Waals surface area contributed by atoms with Gasteiger partial charge in [-0.15, -0.1) is 0 Å². The number of thioether (sulfide) groups is 1. The van der Waals surface area contributed by atoms with Gasteiger partial charge < -0.3 is 11.1 Å². The van der Waals surface area contributed by atoms with E-state index in [1.54, 1.807) is 11.8 Å². The molecule has 78 valence electrons. The van der Waals surface area contributed by atoms with Gasteiger partial charge in [-0.05, 0) is 25.1 Å². The zero-order valence-electron chi connectivity index (χ0n) is 8.34. The highest BCUT2D eigenvalue weighted by Gasteiger charge is 1.98. The summed E-state index contributed by atoms with van der Waals surface area (Å²) < 4.78 is 0. The Bertz CT molecular complexity index is 131. The van der Waals surface area contributed by atoms with Gasteiger partial charge in [0.05, 0.1) is 5.75 Å². The Labute approximate surface area is 84.8 Å². The predicted octanol–water partition coefficient (Wildman–Crippen LogP) is 0.985. The maximum atomic E-state index is 11.1. The minimum absolute atomic E-state index is 0.149. The van der Waals surface area contributed by atoms with Crippen LogP contribution in [-0.4, -0.2) is 30.5 Å². The number of nitrogens with two attached hydrogens (primary N) is 1. The van der Waals surface area contributed by atoms with E-state index in [0.29, 0.717) is 12.3 Å². The quantitative estimate of drug-likeness (QED) is 0.580. The van der Waals surface area contributed by atoms with Crippen molar-refractivity contribution in [2.75, 3.05) is 24.6 Å². The second-order valence-corrected chi connectivity index (χ2v) is 4.00. The molecule has 0 bridgehead atoms. The smallest absolute Gasteiger partial charge is 0.229 e. The van der Waals surface area contributed by atoms with Gasteiger partial charge in [-0.3, -0.25) is 4.79 Å². The second kappa shape index (κ2) is 9.86. The van der Waals surface area contributed by atoms with Crippen molar-refractivity contribution in [2.24, 2.45) is 5.73 Å². The summed E-state index contributed by atoms with van der Waals surface area (Å²) >= 11 is 1.65. The van der Waals surface area contributed by atoms with Gasteiger partial charge in [0, 0.05) is 6.54 Å². The number of hydrogen-bond acceptors (Lipinski definition) is 3. The molecule has 4 heteroatoms. The molecule has 0 unspecified atom stereocenters. The van der Waals surface area contributed by atoms with Crippen molar-refractivity contribution in [2.45, 2.75) is 26.2 Å². The molecule has 1 amide bonds. The summed E-state index contributed by atoms with van der Waals surface area (Å²) in [4.78, 5) is 11.1.